The molecule has 0 aromatic carbocycles. The Morgan fingerprint density at radius 1 is 1.33 bits per heavy atom. The van der Waals surface area contributed by atoms with Gasteiger partial charge in [0.1, 0.15) is 6.54 Å². The molecule has 1 fully saturated rings. The molecule has 0 unspecified atom stereocenters. The lowest BCUT2D eigenvalue weighted by atomic mass is 9.95. The molecule has 4 heteroatoms. The molecule has 1 aliphatic carbocycles. The van der Waals surface area contributed by atoms with E-state index in [1.807, 2.05) is 10.8 Å². The summed E-state index contributed by atoms with van der Waals surface area (Å²) in [5.74, 6) is 0.799. The topological polar surface area (TPSA) is 46.1 Å². The van der Waals surface area contributed by atoms with Crippen molar-refractivity contribution in [2.75, 3.05) is 6.54 Å². The number of nitrogens with zero attached hydrogens (tertiary/aromatic N) is 1. The normalized spacial score (nSPS) is 16.3. The molecule has 0 bridgehead atoms. The molecule has 21 heavy (non-hydrogen) atoms. The van der Waals surface area contributed by atoms with Crippen molar-refractivity contribution in [2.45, 2.75) is 65.1 Å². The van der Waals surface area contributed by atoms with Crippen LogP contribution in [0.4, 0.5) is 0 Å². The van der Waals surface area contributed by atoms with E-state index in [1.165, 1.54) is 24.8 Å². The molecular formula is C17H29N3O. The van der Waals surface area contributed by atoms with Gasteiger partial charge in [0.15, 0.2) is 0 Å². The number of carbonyl (C=O) groups is 1. The van der Waals surface area contributed by atoms with Gasteiger partial charge in [-0.25, -0.2) is 0 Å². The summed E-state index contributed by atoms with van der Waals surface area (Å²) in [4.78, 5) is 12.0. The molecule has 1 heterocycles. The zero-order chi connectivity index (χ0) is 15.1. The minimum atomic E-state index is 0.138. The number of hydrogen-bond acceptors (Lipinski definition) is 2. The zero-order valence-corrected chi connectivity index (χ0v) is 13.4. The summed E-state index contributed by atoms with van der Waals surface area (Å²) in [5.41, 5.74) is 1.24. The van der Waals surface area contributed by atoms with E-state index in [4.69, 9.17) is 0 Å². The van der Waals surface area contributed by atoms with Crippen LogP contribution >= 0.6 is 0 Å². The van der Waals surface area contributed by atoms with Crippen LogP contribution in [0, 0.1) is 5.92 Å². The van der Waals surface area contributed by atoms with Crippen LogP contribution in [-0.2, 0) is 17.9 Å². The third kappa shape index (κ3) is 5.92. The van der Waals surface area contributed by atoms with E-state index in [9.17, 15) is 4.79 Å². The standard InChI is InChI=1S/C17H29N3O/c1-14(2)10-18-11-15-8-9-20(12-15)13-17(21)19-16-6-4-3-5-7-16/h8-9,12,14,16,18H,3-7,10-11,13H2,1-2H3,(H,19,21). The van der Waals surface area contributed by atoms with E-state index in [1.54, 1.807) is 0 Å². The van der Waals surface area contributed by atoms with Gasteiger partial charge in [-0.05, 0) is 36.9 Å². The van der Waals surface area contributed by atoms with Crippen LogP contribution in [0.5, 0.6) is 0 Å². The second-order valence-corrected chi connectivity index (χ2v) is 6.62. The van der Waals surface area contributed by atoms with Crippen LogP contribution in [0.3, 0.4) is 0 Å². The molecule has 0 spiro atoms. The number of hydrogen-bond donors (Lipinski definition) is 2. The van der Waals surface area contributed by atoms with Gasteiger partial charge >= 0.3 is 0 Å². The van der Waals surface area contributed by atoms with Gasteiger partial charge in [-0.1, -0.05) is 33.1 Å². The van der Waals surface area contributed by atoms with Crippen molar-refractivity contribution in [3.63, 3.8) is 0 Å². The molecular weight excluding hydrogens is 262 g/mol. The first-order valence-corrected chi connectivity index (χ1v) is 8.28. The van der Waals surface area contributed by atoms with Crippen molar-refractivity contribution >= 4 is 5.91 Å². The monoisotopic (exact) mass is 291 g/mol. The quantitative estimate of drug-likeness (QED) is 0.811. The maximum Gasteiger partial charge on any atom is 0.240 e. The van der Waals surface area contributed by atoms with Gasteiger partial charge in [-0.2, -0.15) is 0 Å². The second kappa shape index (κ2) is 8.23. The summed E-state index contributed by atoms with van der Waals surface area (Å²) in [5, 5.41) is 6.58. The second-order valence-electron chi connectivity index (χ2n) is 6.62. The van der Waals surface area contributed by atoms with Crippen molar-refractivity contribution < 1.29 is 4.79 Å². The van der Waals surface area contributed by atoms with Crippen molar-refractivity contribution in [1.82, 2.24) is 15.2 Å². The first-order chi connectivity index (χ1) is 10.1. The summed E-state index contributed by atoms with van der Waals surface area (Å²) >= 11 is 0. The first-order valence-electron chi connectivity index (χ1n) is 8.28. The number of aromatic nitrogens is 1. The number of nitrogens with one attached hydrogen (secondary N) is 2. The maximum atomic E-state index is 12.0. The Hall–Kier alpha value is -1.29. The van der Waals surface area contributed by atoms with Gasteiger partial charge in [0.25, 0.3) is 0 Å². The van der Waals surface area contributed by atoms with Gasteiger partial charge in [0.2, 0.25) is 5.91 Å². The third-order valence-corrected chi connectivity index (χ3v) is 3.99. The van der Waals surface area contributed by atoms with E-state index in [-0.39, 0.29) is 5.91 Å². The molecule has 0 saturated heterocycles. The molecule has 0 radical (unpaired) electrons. The molecule has 118 valence electrons. The van der Waals surface area contributed by atoms with Crippen molar-refractivity contribution in [3.8, 4) is 0 Å². The van der Waals surface area contributed by atoms with Gasteiger partial charge in [0.05, 0.1) is 0 Å². The Bertz CT molecular complexity index is 433. The lowest BCUT2D eigenvalue weighted by Crippen LogP contribution is -2.38. The van der Waals surface area contributed by atoms with Crippen LogP contribution in [0.15, 0.2) is 18.5 Å². The predicted molar refractivity (Wildman–Crippen MR) is 86.0 cm³/mol. The zero-order valence-electron chi connectivity index (χ0n) is 13.4. The fourth-order valence-electron chi connectivity index (χ4n) is 2.88. The summed E-state index contributed by atoms with van der Waals surface area (Å²) in [7, 11) is 0. The van der Waals surface area contributed by atoms with Gasteiger partial charge in [0, 0.05) is 25.0 Å². The Morgan fingerprint density at radius 2 is 2.10 bits per heavy atom. The average Bonchev–Trinajstić information content (AvgIpc) is 2.86. The molecule has 2 N–H and O–H groups in total. The van der Waals surface area contributed by atoms with E-state index in [0.717, 1.165) is 25.9 Å². The molecule has 1 aromatic heterocycles. The van der Waals surface area contributed by atoms with Crippen LogP contribution < -0.4 is 10.6 Å². The molecule has 0 aliphatic heterocycles. The van der Waals surface area contributed by atoms with E-state index in [2.05, 4.69) is 36.7 Å². The summed E-state index contributed by atoms with van der Waals surface area (Å²) < 4.78 is 1.98. The van der Waals surface area contributed by atoms with Crippen molar-refractivity contribution in [2.24, 2.45) is 5.92 Å². The Balaban J connectivity index is 1.72. The molecule has 1 saturated carbocycles. The summed E-state index contributed by atoms with van der Waals surface area (Å²) in [6.07, 6.45) is 10.2. The number of rotatable bonds is 7. The maximum absolute atomic E-state index is 12.0. The Morgan fingerprint density at radius 3 is 2.81 bits per heavy atom. The van der Waals surface area contributed by atoms with E-state index in [0.29, 0.717) is 18.5 Å². The summed E-state index contributed by atoms with van der Waals surface area (Å²) in [6.45, 7) is 6.73. The highest BCUT2D eigenvalue weighted by atomic mass is 16.2. The first kappa shape index (κ1) is 16.1. The lowest BCUT2D eigenvalue weighted by molar-refractivity contribution is -0.122. The fourth-order valence-corrected chi connectivity index (χ4v) is 2.88. The van der Waals surface area contributed by atoms with Crippen LogP contribution in [0.1, 0.15) is 51.5 Å². The summed E-state index contributed by atoms with van der Waals surface area (Å²) in [6, 6.07) is 2.48. The lowest BCUT2D eigenvalue weighted by Gasteiger charge is -2.22. The van der Waals surface area contributed by atoms with Crippen molar-refractivity contribution in [1.29, 1.82) is 0 Å². The van der Waals surface area contributed by atoms with Gasteiger partial charge in [-0.15, -0.1) is 0 Å². The molecule has 2 rings (SSSR count). The van der Waals surface area contributed by atoms with Crippen molar-refractivity contribution in [3.05, 3.63) is 24.0 Å². The van der Waals surface area contributed by atoms with Crippen LogP contribution in [0.25, 0.3) is 0 Å². The Labute approximate surface area is 128 Å². The predicted octanol–water partition coefficient (Wildman–Crippen LogP) is 2.68. The average molecular weight is 291 g/mol. The molecule has 0 atom stereocenters. The van der Waals surface area contributed by atoms with E-state index >= 15 is 0 Å². The fraction of sp³-hybridized carbons (Fsp3) is 0.706. The number of amides is 1. The van der Waals surface area contributed by atoms with Crippen LogP contribution in [-0.4, -0.2) is 23.1 Å². The Kier molecular flexibility index (Phi) is 6.30. The van der Waals surface area contributed by atoms with Gasteiger partial charge < -0.3 is 15.2 Å². The highest BCUT2D eigenvalue weighted by molar-refractivity contribution is 5.76. The molecule has 1 aromatic rings. The number of carbonyl (C=O) groups excluding carboxylic acids is 1. The largest absolute Gasteiger partial charge is 0.352 e. The molecule has 4 nitrogen and oxygen atoms in total. The van der Waals surface area contributed by atoms with E-state index < -0.39 is 0 Å². The smallest absolute Gasteiger partial charge is 0.240 e. The third-order valence-electron chi connectivity index (χ3n) is 3.99. The highest BCUT2D eigenvalue weighted by Gasteiger charge is 2.15. The van der Waals surface area contributed by atoms with Crippen LogP contribution in [0.2, 0.25) is 0 Å². The minimum Gasteiger partial charge on any atom is -0.352 e. The highest BCUT2D eigenvalue weighted by Crippen LogP contribution is 2.17. The SMILES string of the molecule is CC(C)CNCc1ccn(CC(=O)NC2CCCCC2)c1. The minimum absolute atomic E-state index is 0.138. The molecule has 1 amide bonds. The van der Waals surface area contributed by atoms with Gasteiger partial charge in [-0.3, -0.25) is 4.79 Å². The molecule has 1 aliphatic rings.